The highest BCUT2D eigenvalue weighted by Crippen LogP contribution is 2.12. The van der Waals surface area contributed by atoms with Crippen LogP contribution >= 0.6 is 15.9 Å². The van der Waals surface area contributed by atoms with Crippen molar-refractivity contribution in [2.24, 2.45) is 0 Å². The first kappa shape index (κ1) is 7.60. The van der Waals surface area contributed by atoms with Gasteiger partial charge in [0.05, 0.1) is 0 Å². The van der Waals surface area contributed by atoms with Crippen LogP contribution in [0.25, 0.3) is 0 Å². The van der Waals surface area contributed by atoms with Crippen LogP contribution in [0.2, 0.25) is 0 Å². The average molecular weight is 204 g/mol. The summed E-state index contributed by atoms with van der Waals surface area (Å²) in [7, 11) is 1.86. The molecule has 0 unspecified atom stereocenters. The lowest BCUT2D eigenvalue weighted by molar-refractivity contribution is 0.769. The van der Waals surface area contributed by atoms with Crippen molar-refractivity contribution in [3.63, 3.8) is 0 Å². The van der Waals surface area contributed by atoms with Crippen LogP contribution in [0.4, 0.5) is 5.95 Å². The molecule has 0 saturated heterocycles. The molecule has 0 aromatic carbocycles. The number of aromatic nitrogens is 2. The highest BCUT2D eigenvalue weighted by atomic mass is 79.9. The van der Waals surface area contributed by atoms with Crippen LogP contribution in [0.3, 0.4) is 0 Å². The zero-order chi connectivity index (χ0) is 7.56. The van der Waals surface area contributed by atoms with E-state index in [4.69, 9.17) is 0 Å². The quantitative estimate of drug-likeness (QED) is 0.794. The predicted octanol–water partition coefficient (Wildman–Crippen LogP) is 1.71. The molecule has 0 fully saturated rings. The standard InChI is InChI=1S/C6H10BrN3/c1-3-10-4-5(7)9-6(10)8-2/h4H,3H2,1-2H3,(H,8,9). The highest BCUT2D eigenvalue weighted by Gasteiger charge is 2.00. The first-order chi connectivity index (χ1) is 4.77. The third-order valence-electron chi connectivity index (χ3n) is 1.31. The summed E-state index contributed by atoms with van der Waals surface area (Å²) in [6.07, 6.45) is 1.95. The highest BCUT2D eigenvalue weighted by molar-refractivity contribution is 9.10. The Balaban J connectivity index is 2.96. The molecule has 1 aromatic heterocycles. The molecule has 10 heavy (non-hydrogen) atoms. The van der Waals surface area contributed by atoms with Gasteiger partial charge in [-0.25, -0.2) is 4.98 Å². The first-order valence-electron chi connectivity index (χ1n) is 3.18. The molecule has 0 radical (unpaired) electrons. The lowest BCUT2D eigenvalue weighted by Gasteiger charge is -2.00. The van der Waals surface area contributed by atoms with Gasteiger partial charge in [0.25, 0.3) is 0 Å². The van der Waals surface area contributed by atoms with Crippen molar-refractivity contribution in [1.29, 1.82) is 0 Å². The number of imidazole rings is 1. The Morgan fingerprint density at radius 2 is 2.50 bits per heavy atom. The van der Waals surface area contributed by atoms with Crippen molar-refractivity contribution in [2.75, 3.05) is 12.4 Å². The molecule has 56 valence electrons. The number of aryl methyl sites for hydroxylation is 1. The molecule has 0 aliphatic carbocycles. The van der Waals surface area contributed by atoms with Crippen molar-refractivity contribution in [1.82, 2.24) is 9.55 Å². The normalized spacial score (nSPS) is 9.90. The number of anilines is 1. The van der Waals surface area contributed by atoms with Gasteiger partial charge in [-0.1, -0.05) is 0 Å². The van der Waals surface area contributed by atoms with Crippen molar-refractivity contribution in [3.8, 4) is 0 Å². The fourth-order valence-corrected chi connectivity index (χ4v) is 1.24. The second kappa shape index (κ2) is 3.05. The fraction of sp³-hybridized carbons (Fsp3) is 0.500. The van der Waals surface area contributed by atoms with Gasteiger partial charge in [-0.3, -0.25) is 0 Å². The number of nitrogens with one attached hydrogen (secondary N) is 1. The molecule has 4 heteroatoms. The van der Waals surface area contributed by atoms with Gasteiger partial charge >= 0.3 is 0 Å². The molecule has 0 saturated carbocycles. The second-order valence-electron chi connectivity index (χ2n) is 1.92. The molecule has 0 bridgehead atoms. The SMILES string of the molecule is CCn1cc(Br)nc1NC. The maximum absolute atomic E-state index is 4.17. The maximum Gasteiger partial charge on any atom is 0.203 e. The van der Waals surface area contributed by atoms with Gasteiger partial charge in [0.15, 0.2) is 0 Å². The smallest absolute Gasteiger partial charge is 0.203 e. The van der Waals surface area contributed by atoms with Crippen LogP contribution in [-0.4, -0.2) is 16.6 Å². The first-order valence-corrected chi connectivity index (χ1v) is 3.97. The molecule has 3 nitrogen and oxygen atoms in total. The Bertz CT molecular complexity index is 197. The van der Waals surface area contributed by atoms with E-state index >= 15 is 0 Å². The van der Waals surface area contributed by atoms with Gasteiger partial charge in [-0.2, -0.15) is 0 Å². The van der Waals surface area contributed by atoms with Gasteiger partial charge in [-0.15, -0.1) is 0 Å². The summed E-state index contributed by atoms with van der Waals surface area (Å²) in [6.45, 7) is 3.02. The van der Waals surface area contributed by atoms with Crippen LogP contribution in [0.15, 0.2) is 10.8 Å². The Kier molecular flexibility index (Phi) is 2.32. The minimum Gasteiger partial charge on any atom is -0.359 e. The summed E-state index contributed by atoms with van der Waals surface area (Å²) in [5.74, 6) is 0.898. The van der Waals surface area contributed by atoms with E-state index in [1.165, 1.54) is 0 Å². The summed E-state index contributed by atoms with van der Waals surface area (Å²) in [5.41, 5.74) is 0. The number of hydrogen-bond donors (Lipinski definition) is 1. The Morgan fingerprint density at radius 1 is 1.80 bits per heavy atom. The number of halogens is 1. The molecule has 0 amide bonds. The molecule has 1 rings (SSSR count). The molecular formula is C6H10BrN3. The van der Waals surface area contributed by atoms with Crippen LogP contribution in [0.5, 0.6) is 0 Å². The Morgan fingerprint density at radius 3 is 2.90 bits per heavy atom. The van der Waals surface area contributed by atoms with Gasteiger partial charge < -0.3 is 9.88 Å². The van der Waals surface area contributed by atoms with Gasteiger partial charge in [0.1, 0.15) is 4.60 Å². The van der Waals surface area contributed by atoms with Gasteiger partial charge in [0.2, 0.25) is 5.95 Å². The second-order valence-corrected chi connectivity index (χ2v) is 2.74. The van der Waals surface area contributed by atoms with Crippen molar-refractivity contribution >= 4 is 21.9 Å². The number of nitrogens with zero attached hydrogens (tertiary/aromatic N) is 2. The molecule has 0 spiro atoms. The number of hydrogen-bond acceptors (Lipinski definition) is 2. The van der Waals surface area contributed by atoms with E-state index in [0.717, 1.165) is 17.1 Å². The minimum atomic E-state index is 0.874. The summed E-state index contributed by atoms with van der Waals surface area (Å²) in [5, 5.41) is 2.99. The van der Waals surface area contributed by atoms with E-state index in [2.05, 4.69) is 33.2 Å². The van der Waals surface area contributed by atoms with Crippen LogP contribution in [0.1, 0.15) is 6.92 Å². The van der Waals surface area contributed by atoms with Crippen molar-refractivity contribution < 1.29 is 0 Å². The van der Waals surface area contributed by atoms with E-state index in [-0.39, 0.29) is 0 Å². The monoisotopic (exact) mass is 203 g/mol. The topological polar surface area (TPSA) is 29.9 Å². The Labute approximate surface area is 68.6 Å². The van der Waals surface area contributed by atoms with E-state index in [9.17, 15) is 0 Å². The summed E-state index contributed by atoms with van der Waals surface area (Å²) >= 11 is 3.29. The third-order valence-corrected chi connectivity index (χ3v) is 1.69. The molecule has 0 aliphatic heterocycles. The fourth-order valence-electron chi connectivity index (χ4n) is 0.825. The van der Waals surface area contributed by atoms with Gasteiger partial charge in [0, 0.05) is 19.8 Å². The lowest BCUT2D eigenvalue weighted by Crippen LogP contribution is -2.00. The zero-order valence-corrected chi connectivity index (χ0v) is 7.64. The van der Waals surface area contributed by atoms with E-state index in [1.807, 2.05) is 17.8 Å². The van der Waals surface area contributed by atoms with Crippen molar-refractivity contribution in [3.05, 3.63) is 10.8 Å². The van der Waals surface area contributed by atoms with Crippen LogP contribution < -0.4 is 5.32 Å². The van der Waals surface area contributed by atoms with Crippen LogP contribution in [-0.2, 0) is 6.54 Å². The Hall–Kier alpha value is -0.510. The lowest BCUT2D eigenvalue weighted by atomic mass is 10.7. The number of rotatable bonds is 2. The van der Waals surface area contributed by atoms with Crippen LogP contribution in [0, 0.1) is 0 Å². The predicted molar refractivity (Wildman–Crippen MR) is 45.1 cm³/mol. The molecule has 1 heterocycles. The third kappa shape index (κ3) is 1.31. The molecule has 1 aromatic rings. The molecule has 0 atom stereocenters. The van der Waals surface area contributed by atoms with E-state index in [0.29, 0.717) is 0 Å². The van der Waals surface area contributed by atoms with Crippen molar-refractivity contribution in [2.45, 2.75) is 13.5 Å². The van der Waals surface area contributed by atoms with Gasteiger partial charge in [-0.05, 0) is 22.9 Å². The van der Waals surface area contributed by atoms with E-state index < -0.39 is 0 Å². The largest absolute Gasteiger partial charge is 0.359 e. The summed E-state index contributed by atoms with van der Waals surface area (Å²) in [4.78, 5) is 4.17. The maximum atomic E-state index is 4.17. The zero-order valence-electron chi connectivity index (χ0n) is 6.06. The molecular weight excluding hydrogens is 194 g/mol. The molecule has 1 N–H and O–H groups in total. The minimum absolute atomic E-state index is 0.874. The summed E-state index contributed by atoms with van der Waals surface area (Å²) in [6, 6.07) is 0. The molecule has 0 aliphatic rings. The average Bonchev–Trinajstić information content (AvgIpc) is 2.30. The summed E-state index contributed by atoms with van der Waals surface area (Å²) < 4.78 is 2.91. The van der Waals surface area contributed by atoms with E-state index in [1.54, 1.807) is 0 Å².